The minimum Gasteiger partial charge on any atom is -0.316 e. The SMILES string of the molecule is CC.CCC(CCNCC1(CC)CCC1)CN1CCC(N2CCN(N)CC2)CC1. The highest BCUT2D eigenvalue weighted by Gasteiger charge is 2.34. The van der Waals surface area contributed by atoms with Crippen molar-refractivity contribution in [1.29, 1.82) is 0 Å². The summed E-state index contributed by atoms with van der Waals surface area (Å²) in [4.78, 5) is 5.43. The minimum absolute atomic E-state index is 0.652. The summed E-state index contributed by atoms with van der Waals surface area (Å²) in [6, 6.07) is 0.796. The monoisotopic (exact) mass is 409 g/mol. The van der Waals surface area contributed by atoms with E-state index in [2.05, 4.69) is 29.0 Å². The molecule has 3 aliphatic rings. The van der Waals surface area contributed by atoms with Gasteiger partial charge in [0.15, 0.2) is 0 Å². The van der Waals surface area contributed by atoms with Gasteiger partial charge in [0.05, 0.1) is 0 Å². The Balaban J connectivity index is 0.00000145. The first kappa shape index (κ1) is 25.1. The molecular formula is C24H51N5. The standard InChI is InChI=1S/C22H45N5.C2H6/c1-3-20(6-11-24-19-22(4-2)9-5-10-22)18-25-12-7-21(8-13-25)26-14-16-27(23)17-15-26;1-2/h20-21,24H,3-19,23H2,1-2H3;1-2H3. The highest BCUT2D eigenvalue weighted by Crippen LogP contribution is 2.43. The van der Waals surface area contributed by atoms with Gasteiger partial charge in [0.2, 0.25) is 0 Å². The Kier molecular flexibility index (Phi) is 11.5. The smallest absolute Gasteiger partial charge is 0.0257 e. The fraction of sp³-hybridized carbons (Fsp3) is 1.00. The lowest BCUT2D eigenvalue weighted by Gasteiger charge is -2.42. The second-order valence-electron chi connectivity index (χ2n) is 9.55. The largest absolute Gasteiger partial charge is 0.316 e. The molecule has 2 aliphatic heterocycles. The van der Waals surface area contributed by atoms with E-state index in [1.165, 1.54) is 84.1 Å². The van der Waals surface area contributed by atoms with E-state index >= 15 is 0 Å². The van der Waals surface area contributed by atoms with Crippen LogP contribution in [0.25, 0.3) is 0 Å². The number of nitrogens with one attached hydrogen (secondary N) is 1. The fourth-order valence-electron chi connectivity index (χ4n) is 5.35. The number of nitrogens with zero attached hydrogens (tertiary/aromatic N) is 3. The molecule has 3 fully saturated rings. The zero-order valence-electron chi connectivity index (χ0n) is 20.1. The number of rotatable bonds is 10. The van der Waals surface area contributed by atoms with Crippen LogP contribution in [0.15, 0.2) is 0 Å². The number of likely N-dealkylation sites (tertiary alicyclic amines) is 1. The zero-order chi connectivity index (χ0) is 21.1. The summed E-state index contributed by atoms with van der Waals surface area (Å²) < 4.78 is 0. The van der Waals surface area contributed by atoms with Crippen molar-refractivity contribution >= 4 is 0 Å². The summed E-state index contributed by atoms with van der Waals surface area (Å²) in [6.45, 7) is 19.5. The predicted molar refractivity (Wildman–Crippen MR) is 126 cm³/mol. The first-order valence-electron chi connectivity index (χ1n) is 12.8. The molecule has 5 heteroatoms. The topological polar surface area (TPSA) is 47.8 Å². The second-order valence-corrected chi connectivity index (χ2v) is 9.55. The second kappa shape index (κ2) is 13.3. The van der Waals surface area contributed by atoms with Gasteiger partial charge in [-0.1, -0.05) is 40.5 Å². The molecule has 0 aromatic rings. The van der Waals surface area contributed by atoms with Crippen molar-refractivity contribution in [3.63, 3.8) is 0 Å². The van der Waals surface area contributed by atoms with Gasteiger partial charge in [-0.3, -0.25) is 10.7 Å². The van der Waals surface area contributed by atoms with E-state index in [-0.39, 0.29) is 0 Å². The van der Waals surface area contributed by atoms with E-state index in [1.807, 2.05) is 18.9 Å². The molecule has 3 rings (SSSR count). The molecule has 1 saturated carbocycles. The van der Waals surface area contributed by atoms with Crippen molar-refractivity contribution in [3.8, 4) is 0 Å². The molecule has 0 aromatic carbocycles. The summed E-state index contributed by atoms with van der Waals surface area (Å²) in [7, 11) is 0. The van der Waals surface area contributed by atoms with E-state index in [4.69, 9.17) is 5.84 Å². The Hall–Kier alpha value is -0.200. The van der Waals surface area contributed by atoms with Crippen LogP contribution >= 0.6 is 0 Å². The maximum atomic E-state index is 5.90. The van der Waals surface area contributed by atoms with Gasteiger partial charge in [-0.05, 0) is 69.5 Å². The van der Waals surface area contributed by atoms with E-state index in [9.17, 15) is 0 Å². The van der Waals surface area contributed by atoms with Crippen molar-refractivity contribution in [2.45, 2.75) is 85.1 Å². The molecule has 3 N–H and O–H groups in total. The summed E-state index contributed by atoms with van der Waals surface area (Å²) in [6.07, 6.45) is 11.0. The highest BCUT2D eigenvalue weighted by atomic mass is 15.4. The van der Waals surface area contributed by atoms with E-state index < -0.39 is 0 Å². The van der Waals surface area contributed by atoms with Crippen molar-refractivity contribution < 1.29 is 0 Å². The number of hydrogen-bond donors (Lipinski definition) is 2. The number of hydrazine groups is 1. The number of hydrogen-bond acceptors (Lipinski definition) is 5. The van der Waals surface area contributed by atoms with Gasteiger partial charge in [-0.2, -0.15) is 0 Å². The van der Waals surface area contributed by atoms with Crippen molar-refractivity contribution in [2.75, 3.05) is 58.9 Å². The first-order chi connectivity index (χ1) is 14.1. The Morgan fingerprint density at radius 2 is 1.66 bits per heavy atom. The van der Waals surface area contributed by atoms with Crippen molar-refractivity contribution in [2.24, 2.45) is 17.2 Å². The Labute approximate surface area is 181 Å². The normalized spacial score (nSPS) is 25.1. The Morgan fingerprint density at radius 3 is 2.17 bits per heavy atom. The molecule has 0 spiro atoms. The molecule has 5 nitrogen and oxygen atoms in total. The molecule has 1 unspecified atom stereocenters. The van der Waals surface area contributed by atoms with Crippen LogP contribution in [0.5, 0.6) is 0 Å². The van der Waals surface area contributed by atoms with Crippen LogP contribution in [0.2, 0.25) is 0 Å². The Bertz CT molecular complexity index is 404. The van der Waals surface area contributed by atoms with Gasteiger partial charge < -0.3 is 10.2 Å². The number of piperidine rings is 1. The van der Waals surface area contributed by atoms with Crippen LogP contribution in [0.3, 0.4) is 0 Å². The molecule has 1 atom stereocenters. The van der Waals surface area contributed by atoms with Gasteiger partial charge in [-0.25, -0.2) is 5.01 Å². The highest BCUT2D eigenvalue weighted by molar-refractivity contribution is 4.88. The number of piperazine rings is 1. The van der Waals surface area contributed by atoms with Gasteiger partial charge in [0, 0.05) is 45.3 Å². The zero-order valence-corrected chi connectivity index (χ0v) is 20.1. The maximum Gasteiger partial charge on any atom is 0.0257 e. The van der Waals surface area contributed by atoms with E-state index in [0.717, 1.165) is 38.1 Å². The summed E-state index contributed by atoms with van der Waals surface area (Å²) in [5.41, 5.74) is 0.652. The van der Waals surface area contributed by atoms with Gasteiger partial charge in [0.1, 0.15) is 0 Å². The van der Waals surface area contributed by atoms with Gasteiger partial charge in [-0.15, -0.1) is 0 Å². The van der Waals surface area contributed by atoms with Crippen LogP contribution in [-0.2, 0) is 0 Å². The van der Waals surface area contributed by atoms with Crippen LogP contribution in [-0.4, -0.2) is 79.8 Å². The van der Waals surface area contributed by atoms with Crippen LogP contribution in [0, 0.1) is 11.3 Å². The van der Waals surface area contributed by atoms with E-state index in [1.54, 1.807) is 0 Å². The molecule has 0 aromatic heterocycles. The maximum absolute atomic E-state index is 5.90. The molecule has 29 heavy (non-hydrogen) atoms. The predicted octanol–water partition coefficient (Wildman–Crippen LogP) is 3.55. The van der Waals surface area contributed by atoms with Crippen LogP contribution < -0.4 is 11.2 Å². The summed E-state index contributed by atoms with van der Waals surface area (Å²) in [5, 5.41) is 5.77. The molecule has 0 radical (unpaired) electrons. The molecule has 1 aliphatic carbocycles. The quantitative estimate of drug-likeness (QED) is 0.427. The lowest BCUT2D eigenvalue weighted by atomic mass is 9.67. The molecule has 172 valence electrons. The van der Waals surface area contributed by atoms with Crippen LogP contribution in [0.1, 0.15) is 79.1 Å². The van der Waals surface area contributed by atoms with E-state index in [0.29, 0.717) is 5.41 Å². The average molecular weight is 410 g/mol. The number of nitrogens with two attached hydrogens (primary N) is 1. The third-order valence-electron chi connectivity index (χ3n) is 7.91. The fourth-order valence-corrected chi connectivity index (χ4v) is 5.35. The van der Waals surface area contributed by atoms with Crippen molar-refractivity contribution in [3.05, 3.63) is 0 Å². The molecule has 0 bridgehead atoms. The van der Waals surface area contributed by atoms with Crippen molar-refractivity contribution in [1.82, 2.24) is 20.1 Å². The van der Waals surface area contributed by atoms with Crippen LogP contribution in [0.4, 0.5) is 0 Å². The lowest BCUT2D eigenvalue weighted by molar-refractivity contribution is 0.0548. The minimum atomic E-state index is 0.652. The molecule has 2 saturated heterocycles. The third-order valence-corrected chi connectivity index (χ3v) is 7.91. The molecular weight excluding hydrogens is 358 g/mol. The summed E-state index contributed by atoms with van der Waals surface area (Å²) >= 11 is 0. The van der Waals surface area contributed by atoms with Gasteiger partial charge in [0.25, 0.3) is 0 Å². The summed E-state index contributed by atoms with van der Waals surface area (Å²) in [5.74, 6) is 6.76. The first-order valence-corrected chi connectivity index (χ1v) is 12.8. The van der Waals surface area contributed by atoms with Gasteiger partial charge >= 0.3 is 0 Å². The lowest BCUT2D eigenvalue weighted by Crippen LogP contribution is -2.55. The Morgan fingerprint density at radius 1 is 1.00 bits per heavy atom. The third kappa shape index (κ3) is 7.77. The molecule has 0 amide bonds. The molecule has 2 heterocycles. The average Bonchev–Trinajstić information content (AvgIpc) is 2.74.